The minimum atomic E-state index is 0.868. The first-order valence-electron chi connectivity index (χ1n) is 3.70. The van der Waals surface area contributed by atoms with Crippen LogP contribution in [0.1, 0.15) is 12.8 Å². The van der Waals surface area contributed by atoms with Gasteiger partial charge in [-0.15, -0.1) is 0 Å². The van der Waals surface area contributed by atoms with Crippen molar-refractivity contribution in [3.05, 3.63) is 0 Å². The Balaban J connectivity index is 2.17. The average Bonchev–Trinajstić information content (AvgIpc) is 2.05. The van der Waals surface area contributed by atoms with Crippen LogP contribution < -0.4 is 0 Å². The molecule has 0 bridgehead atoms. The van der Waals surface area contributed by atoms with Crippen LogP contribution >= 0.6 is 25.3 Å². The first-order chi connectivity index (χ1) is 4.86. The molecule has 0 aromatic heterocycles. The van der Waals surface area contributed by atoms with Gasteiger partial charge >= 0.3 is 80.6 Å². The van der Waals surface area contributed by atoms with E-state index >= 15 is 0 Å². The summed E-state index contributed by atoms with van der Waals surface area (Å²) in [5, 5.41) is 1.45. The summed E-state index contributed by atoms with van der Waals surface area (Å²) in [4.78, 5) is 0.965. The normalized spacial score (nSPS) is 34.2. The van der Waals surface area contributed by atoms with Crippen molar-refractivity contribution in [1.82, 2.24) is 0 Å². The summed E-state index contributed by atoms with van der Waals surface area (Å²) < 4.78 is 0. The molecule has 0 spiro atoms. The summed E-state index contributed by atoms with van der Waals surface area (Å²) in [5.74, 6) is 3.14. The molecule has 60 valence electrons. The quantitative estimate of drug-likeness (QED) is 0.537. The van der Waals surface area contributed by atoms with E-state index in [9.17, 15) is 0 Å². The number of hydrogen-bond acceptors (Lipinski definition) is 2. The molecule has 0 aromatic rings. The minimum absolute atomic E-state index is 0.868. The van der Waals surface area contributed by atoms with Gasteiger partial charge in [-0.05, 0) is 0 Å². The van der Waals surface area contributed by atoms with E-state index in [1.54, 1.807) is 0 Å². The molecule has 10 heavy (non-hydrogen) atoms. The van der Waals surface area contributed by atoms with Gasteiger partial charge in [0.25, 0.3) is 0 Å². The molecule has 0 aliphatic carbocycles. The van der Waals surface area contributed by atoms with Crippen molar-refractivity contribution >= 4 is 40.2 Å². The predicted octanol–water partition coefficient (Wildman–Crippen LogP) is 2.17. The Bertz CT molecular complexity index is 77.6. The molecule has 0 N–H and O–H groups in total. The van der Waals surface area contributed by atoms with E-state index in [4.69, 9.17) is 0 Å². The van der Waals surface area contributed by atoms with Crippen molar-refractivity contribution < 1.29 is 0 Å². The van der Waals surface area contributed by atoms with Crippen LogP contribution in [0.3, 0.4) is 0 Å². The van der Waals surface area contributed by atoms with Gasteiger partial charge in [-0.3, -0.25) is 0 Å². The Labute approximate surface area is 80.5 Å². The van der Waals surface area contributed by atoms with E-state index < -0.39 is 0 Å². The SMILES string of the molecule is SCC1CCC(CS)[Se]C1. The van der Waals surface area contributed by atoms with Gasteiger partial charge in [0, 0.05) is 0 Å². The Hall–Kier alpha value is 1.22. The van der Waals surface area contributed by atoms with Crippen molar-refractivity contribution in [2.45, 2.75) is 23.0 Å². The maximum absolute atomic E-state index is 4.32. The molecule has 0 radical (unpaired) electrons. The summed E-state index contributed by atoms with van der Waals surface area (Å²) in [5.41, 5.74) is 0. The Morgan fingerprint density at radius 1 is 1.20 bits per heavy atom. The topological polar surface area (TPSA) is 0 Å². The molecule has 0 nitrogen and oxygen atoms in total. The monoisotopic (exact) mass is 242 g/mol. The van der Waals surface area contributed by atoms with E-state index in [1.165, 1.54) is 18.2 Å². The zero-order valence-corrected chi connectivity index (χ0v) is 9.49. The van der Waals surface area contributed by atoms with Crippen molar-refractivity contribution in [3.63, 3.8) is 0 Å². The first-order valence-corrected chi connectivity index (χ1v) is 7.16. The first kappa shape index (κ1) is 9.31. The second-order valence-corrected chi connectivity index (χ2v) is 6.29. The number of rotatable bonds is 2. The molecule has 1 heterocycles. The maximum atomic E-state index is 4.32. The molecule has 3 heteroatoms. The molecular formula is C7H14S2Se. The van der Waals surface area contributed by atoms with Crippen molar-refractivity contribution in [2.24, 2.45) is 5.92 Å². The van der Waals surface area contributed by atoms with Crippen molar-refractivity contribution in [3.8, 4) is 0 Å². The van der Waals surface area contributed by atoms with Gasteiger partial charge < -0.3 is 0 Å². The van der Waals surface area contributed by atoms with Crippen LogP contribution in [0.5, 0.6) is 0 Å². The van der Waals surface area contributed by atoms with Crippen molar-refractivity contribution in [1.29, 1.82) is 0 Å². The zero-order valence-electron chi connectivity index (χ0n) is 5.99. The molecule has 0 aromatic carbocycles. The molecule has 2 atom stereocenters. The predicted molar refractivity (Wildman–Crippen MR) is 54.7 cm³/mol. The fourth-order valence-corrected chi connectivity index (χ4v) is 5.18. The molecular weight excluding hydrogens is 227 g/mol. The van der Waals surface area contributed by atoms with Crippen molar-refractivity contribution in [2.75, 3.05) is 11.5 Å². The van der Waals surface area contributed by atoms with Gasteiger partial charge in [0.05, 0.1) is 0 Å². The van der Waals surface area contributed by atoms with Gasteiger partial charge in [0.2, 0.25) is 0 Å². The Morgan fingerprint density at radius 2 is 2.00 bits per heavy atom. The summed E-state index contributed by atoms with van der Waals surface area (Å²) in [6.45, 7) is 0. The summed E-state index contributed by atoms with van der Waals surface area (Å²) >= 11 is 9.50. The van der Waals surface area contributed by atoms with E-state index in [0.29, 0.717) is 0 Å². The molecule has 1 aliphatic heterocycles. The fourth-order valence-electron chi connectivity index (χ4n) is 1.15. The fraction of sp³-hybridized carbons (Fsp3) is 1.00. The van der Waals surface area contributed by atoms with Crippen LogP contribution in [0.2, 0.25) is 10.1 Å². The molecule has 2 unspecified atom stereocenters. The van der Waals surface area contributed by atoms with Gasteiger partial charge in [-0.25, -0.2) is 0 Å². The van der Waals surface area contributed by atoms with E-state index in [-0.39, 0.29) is 0 Å². The van der Waals surface area contributed by atoms with Crippen LogP contribution in [-0.4, -0.2) is 26.5 Å². The zero-order chi connectivity index (χ0) is 7.40. The second-order valence-electron chi connectivity index (χ2n) is 2.76. The Morgan fingerprint density at radius 3 is 2.40 bits per heavy atom. The third kappa shape index (κ3) is 2.69. The van der Waals surface area contributed by atoms with E-state index in [1.807, 2.05) is 0 Å². The average molecular weight is 241 g/mol. The summed E-state index contributed by atoms with van der Waals surface area (Å²) in [6, 6.07) is 0. The van der Waals surface area contributed by atoms with Gasteiger partial charge in [-0.1, -0.05) is 0 Å². The summed E-state index contributed by atoms with van der Waals surface area (Å²) in [7, 11) is 0. The third-order valence-corrected chi connectivity index (χ3v) is 6.66. The van der Waals surface area contributed by atoms with Gasteiger partial charge in [-0.2, -0.15) is 0 Å². The molecule has 0 saturated carbocycles. The number of thiol groups is 2. The molecule has 1 aliphatic rings. The van der Waals surface area contributed by atoms with E-state index in [0.717, 1.165) is 37.2 Å². The van der Waals surface area contributed by atoms with Crippen LogP contribution in [0.15, 0.2) is 0 Å². The summed E-state index contributed by atoms with van der Waals surface area (Å²) in [6.07, 6.45) is 2.81. The van der Waals surface area contributed by atoms with Crippen LogP contribution in [-0.2, 0) is 0 Å². The van der Waals surface area contributed by atoms with Gasteiger partial charge in [0.1, 0.15) is 0 Å². The Kier molecular flexibility index (Phi) is 4.63. The second kappa shape index (κ2) is 4.97. The molecule has 1 fully saturated rings. The van der Waals surface area contributed by atoms with Crippen LogP contribution in [0.4, 0.5) is 0 Å². The standard InChI is InChI=1S/C7H14S2Se/c8-3-6-1-2-7(4-9)10-5-6/h6-9H,1-5H2. The van der Waals surface area contributed by atoms with E-state index in [2.05, 4.69) is 25.3 Å². The van der Waals surface area contributed by atoms with Crippen LogP contribution in [0, 0.1) is 5.92 Å². The molecule has 0 amide bonds. The number of hydrogen-bond donors (Lipinski definition) is 2. The molecule has 1 rings (SSSR count). The van der Waals surface area contributed by atoms with Gasteiger partial charge in [0.15, 0.2) is 0 Å². The molecule has 1 saturated heterocycles. The third-order valence-electron chi connectivity index (χ3n) is 1.93. The van der Waals surface area contributed by atoms with Crippen LogP contribution in [0.25, 0.3) is 0 Å².